The molecule has 0 aliphatic heterocycles. The monoisotopic (exact) mass is 349 g/mol. The highest BCUT2D eigenvalue weighted by molar-refractivity contribution is 9.10. The van der Waals surface area contributed by atoms with Gasteiger partial charge >= 0.3 is 0 Å². The van der Waals surface area contributed by atoms with Gasteiger partial charge in [-0.1, -0.05) is 45.8 Å². The van der Waals surface area contributed by atoms with Crippen molar-refractivity contribution >= 4 is 15.9 Å². The normalized spacial score (nSPS) is 10.5. The Kier molecular flexibility index (Phi) is 5.65. The van der Waals surface area contributed by atoms with Gasteiger partial charge in [0, 0.05) is 16.6 Å². The van der Waals surface area contributed by atoms with Gasteiger partial charge in [-0.25, -0.2) is 0 Å². The maximum atomic E-state index is 6.02. The van der Waals surface area contributed by atoms with Gasteiger partial charge in [0.05, 0.1) is 7.11 Å². The molecule has 0 aliphatic rings. The number of nitrogens with one attached hydrogen (secondary N) is 1. The van der Waals surface area contributed by atoms with Gasteiger partial charge in [-0.05, 0) is 31.7 Å². The highest BCUT2D eigenvalue weighted by atomic mass is 79.9. The van der Waals surface area contributed by atoms with Crippen LogP contribution in [-0.4, -0.2) is 14.2 Å². The summed E-state index contributed by atoms with van der Waals surface area (Å²) in [5.74, 6) is 1.53. The van der Waals surface area contributed by atoms with Crippen LogP contribution in [0.4, 0.5) is 0 Å². The lowest BCUT2D eigenvalue weighted by atomic mass is 10.1. The van der Waals surface area contributed by atoms with Crippen molar-refractivity contribution in [2.75, 3.05) is 14.2 Å². The van der Waals surface area contributed by atoms with E-state index in [1.54, 1.807) is 7.11 Å². The summed E-state index contributed by atoms with van der Waals surface area (Å²) in [6.07, 6.45) is 0. The first kappa shape index (κ1) is 15.9. The van der Waals surface area contributed by atoms with E-state index >= 15 is 0 Å². The second-order valence-electron chi connectivity index (χ2n) is 4.86. The first-order valence-corrected chi connectivity index (χ1v) is 7.63. The van der Waals surface area contributed by atoms with Crippen molar-refractivity contribution in [1.29, 1.82) is 0 Å². The maximum Gasteiger partial charge on any atom is 0.167 e. The van der Waals surface area contributed by atoms with E-state index < -0.39 is 0 Å². The molecule has 0 aliphatic carbocycles. The fourth-order valence-corrected chi connectivity index (χ4v) is 2.53. The molecule has 0 radical (unpaired) electrons. The van der Waals surface area contributed by atoms with E-state index in [0.29, 0.717) is 13.2 Å². The topological polar surface area (TPSA) is 30.5 Å². The standard InChI is InChI=1S/C17H20BrNO2/c1-12-4-6-13(7-5-12)11-21-17-14(10-19-2)15(18)8-9-16(17)20-3/h4-9,19H,10-11H2,1-3H3. The molecule has 112 valence electrons. The van der Waals surface area contributed by atoms with Gasteiger partial charge in [0.2, 0.25) is 0 Å². The van der Waals surface area contributed by atoms with Crippen LogP contribution in [0.5, 0.6) is 11.5 Å². The predicted molar refractivity (Wildman–Crippen MR) is 89.0 cm³/mol. The third-order valence-electron chi connectivity index (χ3n) is 3.24. The molecule has 4 heteroatoms. The van der Waals surface area contributed by atoms with Gasteiger partial charge in [0.1, 0.15) is 6.61 Å². The number of halogens is 1. The van der Waals surface area contributed by atoms with E-state index in [9.17, 15) is 0 Å². The van der Waals surface area contributed by atoms with Crippen molar-refractivity contribution < 1.29 is 9.47 Å². The summed E-state index contributed by atoms with van der Waals surface area (Å²) in [7, 11) is 3.57. The first-order valence-electron chi connectivity index (χ1n) is 6.84. The Balaban J connectivity index is 2.24. The fraction of sp³-hybridized carbons (Fsp3) is 0.294. The number of aryl methyl sites for hydroxylation is 1. The van der Waals surface area contributed by atoms with Gasteiger partial charge in [0.25, 0.3) is 0 Å². The SMILES string of the molecule is CNCc1c(Br)ccc(OC)c1OCc1ccc(C)cc1. The summed E-state index contributed by atoms with van der Waals surface area (Å²) < 4.78 is 12.5. The number of rotatable bonds is 6. The summed E-state index contributed by atoms with van der Waals surface area (Å²) in [5.41, 5.74) is 3.44. The first-order chi connectivity index (χ1) is 10.2. The molecule has 0 bridgehead atoms. The Morgan fingerprint density at radius 3 is 2.43 bits per heavy atom. The third-order valence-corrected chi connectivity index (χ3v) is 3.99. The van der Waals surface area contributed by atoms with E-state index in [4.69, 9.17) is 9.47 Å². The van der Waals surface area contributed by atoms with E-state index in [1.807, 2.05) is 19.2 Å². The van der Waals surface area contributed by atoms with E-state index in [1.165, 1.54) is 5.56 Å². The molecular weight excluding hydrogens is 330 g/mol. The highest BCUT2D eigenvalue weighted by Gasteiger charge is 2.14. The molecule has 0 heterocycles. The number of hydrogen-bond donors (Lipinski definition) is 1. The van der Waals surface area contributed by atoms with Crippen LogP contribution in [0.2, 0.25) is 0 Å². The van der Waals surface area contributed by atoms with Gasteiger partial charge in [-0.15, -0.1) is 0 Å². The summed E-state index contributed by atoms with van der Waals surface area (Å²) in [6.45, 7) is 3.30. The molecule has 3 nitrogen and oxygen atoms in total. The Morgan fingerprint density at radius 1 is 1.10 bits per heavy atom. The zero-order valence-electron chi connectivity index (χ0n) is 12.6. The molecule has 0 amide bonds. The van der Waals surface area contributed by atoms with Crippen LogP contribution < -0.4 is 14.8 Å². The number of ether oxygens (including phenoxy) is 2. The second kappa shape index (κ2) is 7.48. The zero-order chi connectivity index (χ0) is 15.2. The zero-order valence-corrected chi connectivity index (χ0v) is 14.2. The van der Waals surface area contributed by atoms with Gasteiger partial charge in [-0.2, -0.15) is 0 Å². The largest absolute Gasteiger partial charge is 0.493 e. The molecule has 0 saturated carbocycles. The maximum absolute atomic E-state index is 6.02. The lowest BCUT2D eigenvalue weighted by Gasteiger charge is -2.16. The van der Waals surface area contributed by atoms with Crippen molar-refractivity contribution in [2.24, 2.45) is 0 Å². The minimum absolute atomic E-state index is 0.518. The summed E-state index contributed by atoms with van der Waals surface area (Å²) >= 11 is 3.57. The molecule has 2 aromatic rings. The summed E-state index contributed by atoms with van der Waals surface area (Å²) in [5, 5.41) is 3.16. The molecule has 0 fully saturated rings. The van der Waals surface area contributed by atoms with Crippen molar-refractivity contribution in [3.8, 4) is 11.5 Å². The molecule has 0 aromatic heterocycles. The van der Waals surface area contributed by atoms with Gasteiger partial charge in [-0.3, -0.25) is 0 Å². The van der Waals surface area contributed by atoms with Crippen LogP contribution in [0.15, 0.2) is 40.9 Å². The second-order valence-corrected chi connectivity index (χ2v) is 5.72. The molecule has 0 unspecified atom stereocenters. The van der Waals surface area contributed by atoms with Crippen molar-refractivity contribution in [3.63, 3.8) is 0 Å². The van der Waals surface area contributed by atoms with E-state index in [2.05, 4.69) is 52.4 Å². The summed E-state index contributed by atoms with van der Waals surface area (Å²) in [4.78, 5) is 0. The van der Waals surface area contributed by atoms with Crippen LogP contribution >= 0.6 is 15.9 Å². The van der Waals surface area contributed by atoms with Crippen molar-refractivity contribution in [2.45, 2.75) is 20.1 Å². The lowest BCUT2D eigenvalue weighted by molar-refractivity contribution is 0.280. The molecule has 21 heavy (non-hydrogen) atoms. The minimum Gasteiger partial charge on any atom is -0.493 e. The molecule has 0 spiro atoms. The Morgan fingerprint density at radius 2 is 1.81 bits per heavy atom. The molecule has 0 atom stereocenters. The van der Waals surface area contributed by atoms with Gasteiger partial charge in [0.15, 0.2) is 11.5 Å². The number of hydrogen-bond acceptors (Lipinski definition) is 3. The van der Waals surface area contributed by atoms with Crippen LogP contribution in [0.3, 0.4) is 0 Å². The Hall–Kier alpha value is -1.52. The van der Waals surface area contributed by atoms with Crippen LogP contribution in [0.25, 0.3) is 0 Å². The average molecular weight is 350 g/mol. The smallest absolute Gasteiger partial charge is 0.167 e. The van der Waals surface area contributed by atoms with E-state index in [-0.39, 0.29) is 0 Å². The number of methoxy groups -OCH3 is 1. The summed E-state index contributed by atoms with van der Waals surface area (Å²) in [6, 6.07) is 12.2. The fourth-order valence-electron chi connectivity index (χ4n) is 2.08. The number of benzene rings is 2. The Labute approximate surface area is 134 Å². The third kappa shape index (κ3) is 3.99. The molecular formula is C17H20BrNO2. The van der Waals surface area contributed by atoms with E-state index in [0.717, 1.165) is 27.1 Å². The van der Waals surface area contributed by atoms with Crippen molar-refractivity contribution in [1.82, 2.24) is 5.32 Å². The lowest BCUT2D eigenvalue weighted by Crippen LogP contribution is -2.09. The molecule has 0 saturated heterocycles. The van der Waals surface area contributed by atoms with Crippen LogP contribution in [0.1, 0.15) is 16.7 Å². The van der Waals surface area contributed by atoms with Crippen LogP contribution in [-0.2, 0) is 13.2 Å². The van der Waals surface area contributed by atoms with Gasteiger partial charge < -0.3 is 14.8 Å². The Bertz CT molecular complexity index is 596. The average Bonchev–Trinajstić information content (AvgIpc) is 2.49. The van der Waals surface area contributed by atoms with Crippen LogP contribution in [0, 0.1) is 6.92 Å². The molecule has 2 aromatic carbocycles. The molecule has 1 N–H and O–H groups in total. The quantitative estimate of drug-likeness (QED) is 0.852. The predicted octanol–water partition coefficient (Wildman–Crippen LogP) is 4.06. The minimum atomic E-state index is 0.518. The van der Waals surface area contributed by atoms with Crippen molar-refractivity contribution in [3.05, 3.63) is 57.6 Å². The highest BCUT2D eigenvalue weighted by Crippen LogP contribution is 2.36. The molecule has 2 rings (SSSR count).